The lowest BCUT2D eigenvalue weighted by Gasteiger charge is -2.25. The first kappa shape index (κ1) is 21.6. The van der Waals surface area contributed by atoms with Crippen LogP contribution in [-0.2, 0) is 11.2 Å². The standard InChI is InChI=1S/C19H30N2O3.ClH/c1-3-23-16-8-7-15(13-17(16)24-4-2)9-12-21-18(22)19(14-20)10-5-6-11-19;/h7-8,13H,3-6,9-12,14,20H2,1-2H3,(H,21,22);1H. The van der Waals surface area contributed by atoms with Crippen LogP contribution < -0.4 is 20.5 Å². The van der Waals surface area contributed by atoms with E-state index in [2.05, 4.69) is 5.32 Å². The van der Waals surface area contributed by atoms with E-state index in [1.54, 1.807) is 0 Å². The molecule has 2 rings (SSSR count). The monoisotopic (exact) mass is 370 g/mol. The summed E-state index contributed by atoms with van der Waals surface area (Å²) in [5.41, 5.74) is 6.64. The number of nitrogens with two attached hydrogens (primary N) is 1. The Hall–Kier alpha value is -1.46. The van der Waals surface area contributed by atoms with E-state index in [9.17, 15) is 4.79 Å². The number of nitrogens with one attached hydrogen (secondary N) is 1. The van der Waals surface area contributed by atoms with Crippen molar-refractivity contribution in [3.63, 3.8) is 0 Å². The largest absolute Gasteiger partial charge is 0.490 e. The van der Waals surface area contributed by atoms with Crippen molar-refractivity contribution >= 4 is 18.3 Å². The molecule has 0 unspecified atom stereocenters. The van der Waals surface area contributed by atoms with Gasteiger partial charge in [-0.15, -0.1) is 12.4 Å². The fraction of sp³-hybridized carbons (Fsp3) is 0.632. The van der Waals surface area contributed by atoms with Crippen molar-refractivity contribution in [3.05, 3.63) is 23.8 Å². The molecule has 1 fully saturated rings. The third-order valence-electron chi connectivity index (χ3n) is 4.74. The highest BCUT2D eigenvalue weighted by atomic mass is 35.5. The van der Waals surface area contributed by atoms with Gasteiger partial charge in [0, 0.05) is 13.1 Å². The molecule has 0 spiro atoms. The van der Waals surface area contributed by atoms with E-state index < -0.39 is 0 Å². The van der Waals surface area contributed by atoms with Crippen LogP contribution in [0.25, 0.3) is 0 Å². The van der Waals surface area contributed by atoms with Crippen molar-refractivity contribution < 1.29 is 14.3 Å². The molecular weight excluding hydrogens is 340 g/mol. The van der Waals surface area contributed by atoms with Crippen molar-refractivity contribution in [3.8, 4) is 11.5 Å². The van der Waals surface area contributed by atoms with Gasteiger partial charge in [-0.3, -0.25) is 4.79 Å². The van der Waals surface area contributed by atoms with E-state index in [1.165, 1.54) is 0 Å². The lowest BCUT2D eigenvalue weighted by atomic mass is 9.85. The van der Waals surface area contributed by atoms with E-state index in [0.29, 0.717) is 26.3 Å². The number of carbonyl (C=O) groups is 1. The molecule has 1 aliphatic carbocycles. The third-order valence-corrected chi connectivity index (χ3v) is 4.74. The minimum atomic E-state index is -0.338. The number of benzene rings is 1. The number of halogens is 1. The van der Waals surface area contributed by atoms with Crippen LogP contribution in [0.5, 0.6) is 11.5 Å². The molecule has 5 nitrogen and oxygen atoms in total. The first-order valence-corrected chi connectivity index (χ1v) is 9.02. The Labute approximate surface area is 157 Å². The summed E-state index contributed by atoms with van der Waals surface area (Å²) in [5.74, 6) is 1.64. The normalized spacial score (nSPS) is 15.3. The minimum absolute atomic E-state index is 0. The van der Waals surface area contributed by atoms with Crippen LogP contribution in [0.1, 0.15) is 45.1 Å². The smallest absolute Gasteiger partial charge is 0.227 e. The number of amides is 1. The second-order valence-electron chi connectivity index (χ2n) is 6.34. The van der Waals surface area contributed by atoms with Crippen LogP contribution in [0.3, 0.4) is 0 Å². The molecule has 0 bridgehead atoms. The van der Waals surface area contributed by atoms with Gasteiger partial charge in [-0.1, -0.05) is 18.9 Å². The molecule has 0 saturated heterocycles. The van der Waals surface area contributed by atoms with Gasteiger partial charge in [0.15, 0.2) is 11.5 Å². The van der Waals surface area contributed by atoms with Crippen molar-refractivity contribution in [1.29, 1.82) is 0 Å². The Kier molecular flexibility index (Phi) is 9.08. The molecule has 1 aromatic rings. The fourth-order valence-electron chi connectivity index (χ4n) is 3.33. The molecule has 0 heterocycles. The Morgan fingerprint density at radius 1 is 1.16 bits per heavy atom. The maximum Gasteiger partial charge on any atom is 0.227 e. The molecule has 0 aromatic heterocycles. The number of carbonyl (C=O) groups excluding carboxylic acids is 1. The predicted octanol–water partition coefficient (Wildman–Crippen LogP) is 3.08. The molecule has 0 atom stereocenters. The summed E-state index contributed by atoms with van der Waals surface area (Å²) < 4.78 is 11.2. The van der Waals surface area contributed by atoms with E-state index >= 15 is 0 Å². The summed E-state index contributed by atoms with van der Waals surface area (Å²) in [7, 11) is 0. The number of rotatable bonds is 9. The summed E-state index contributed by atoms with van der Waals surface area (Å²) in [6.45, 7) is 6.17. The highest BCUT2D eigenvalue weighted by Crippen LogP contribution is 2.37. The Morgan fingerprint density at radius 2 is 1.80 bits per heavy atom. The highest BCUT2D eigenvalue weighted by Gasteiger charge is 2.39. The van der Waals surface area contributed by atoms with Crippen molar-refractivity contribution in [2.75, 3.05) is 26.3 Å². The van der Waals surface area contributed by atoms with Gasteiger partial charge in [-0.25, -0.2) is 0 Å². The van der Waals surface area contributed by atoms with Crippen LogP contribution >= 0.6 is 12.4 Å². The van der Waals surface area contributed by atoms with Crippen LogP contribution in [0.15, 0.2) is 18.2 Å². The topological polar surface area (TPSA) is 73.6 Å². The summed E-state index contributed by atoms with van der Waals surface area (Å²) in [6.07, 6.45) is 4.78. The minimum Gasteiger partial charge on any atom is -0.490 e. The predicted molar refractivity (Wildman–Crippen MR) is 103 cm³/mol. The molecule has 142 valence electrons. The molecule has 1 aromatic carbocycles. The molecule has 1 amide bonds. The average molecular weight is 371 g/mol. The molecule has 0 radical (unpaired) electrons. The van der Waals surface area contributed by atoms with Crippen molar-refractivity contribution in [2.24, 2.45) is 11.1 Å². The van der Waals surface area contributed by atoms with Gasteiger partial charge in [0.1, 0.15) is 0 Å². The summed E-state index contributed by atoms with van der Waals surface area (Å²) in [5, 5.41) is 3.07. The van der Waals surface area contributed by atoms with Gasteiger partial charge in [-0.05, 0) is 50.8 Å². The fourth-order valence-corrected chi connectivity index (χ4v) is 3.33. The number of ether oxygens (including phenoxy) is 2. The summed E-state index contributed by atoms with van der Waals surface area (Å²) in [6, 6.07) is 5.95. The zero-order valence-electron chi connectivity index (χ0n) is 15.3. The van der Waals surface area contributed by atoms with Gasteiger partial charge >= 0.3 is 0 Å². The second-order valence-corrected chi connectivity index (χ2v) is 6.34. The van der Waals surface area contributed by atoms with E-state index in [1.807, 2.05) is 32.0 Å². The van der Waals surface area contributed by atoms with Crippen molar-refractivity contribution in [2.45, 2.75) is 46.0 Å². The van der Waals surface area contributed by atoms with Crippen molar-refractivity contribution in [1.82, 2.24) is 5.32 Å². The SMILES string of the molecule is CCOc1ccc(CCNC(=O)C2(CN)CCCC2)cc1OCC.Cl. The van der Waals surface area contributed by atoms with E-state index in [0.717, 1.165) is 49.2 Å². The molecule has 1 aliphatic rings. The number of hydrogen-bond acceptors (Lipinski definition) is 4. The van der Waals surface area contributed by atoms with Gasteiger partial charge in [-0.2, -0.15) is 0 Å². The quantitative estimate of drug-likeness (QED) is 0.700. The van der Waals surface area contributed by atoms with E-state index in [-0.39, 0.29) is 23.7 Å². The van der Waals surface area contributed by atoms with Gasteiger partial charge in [0.05, 0.1) is 18.6 Å². The first-order chi connectivity index (χ1) is 11.6. The lowest BCUT2D eigenvalue weighted by molar-refractivity contribution is -0.130. The number of hydrogen-bond donors (Lipinski definition) is 2. The van der Waals surface area contributed by atoms with Crippen LogP contribution in [-0.4, -0.2) is 32.2 Å². The summed E-state index contributed by atoms with van der Waals surface area (Å²) >= 11 is 0. The van der Waals surface area contributed by atoms with Crippen LogP contribution in [0.2, 0.25) is 0 Å². The Balaban J connectivity index is 0.00000312. The summed E-state index contributed by atoms with van der Waals surface area (Å²) in [4.78, 5) is 12.5. The highest BCUT2D eigenvalue weighted by molar-refractivity contribution is 5.85. The molecule has 6 heteroatoms. The Morgan fingerprint density at radius 3 is 2.40 bits per heavy atom. The zero-order valence-corrected chi connectivity index (χ0v) is 16.1. The van der Waals surface area contributed by atoms with Gasteiger partial charge in [0.25, 0.3) is 0 Å². The molecule has 3 N–H and O–H groups in total. The zero-order chi connectivity index (χ0) is 17.4. The molecular formula is C19H31ClN2O3. The molecule has 25 heavy (non-hydrogen) atoms. The third kappa shape index (κ3) is 5.51. The average Bonchev–Trinajstić information content (AvgIpc) is 3.08. The van der Waals surface area contributed by atoms with Crippen LogP contribution in [0.4, 0.5) is 0 Å². The van der Waals surface area contributed by atoms with E-state index in [4.69, 9.17) is 15.2 Å². The molecule has 0 aliphatic heterocycles. The van der Waals surface area contributed by atoms with Gasteiger partial charge in [0.2, 0.25) is 5.91 Å². The van der Waals surface area contributed by atoms with Gasteiger partial charge < -0.3 is 20.5 Å². The molecule has 1 saturated carbocycles. The Bertz CT molecular complexity index is 545. The van der Waals surface area contributed by atoms with Crippen LogP contribution in [0, 0.1) is 5.41 Å². The first-order valence-electron chi connectivity index (χ1n) is 9.02. The lowest BCUT2D eigenvalue weighted by Crippen LogP contribution is -2.44. The second kappa shape index (κ2) is 10.5. The maximum absolute atomic E-state index is 12.5. The maximum atomic E-state index is 12.5.